The van der Waals surface area contributed by atoms with E-state index >= 15 is 0 Å². The first-order valence-electron chi connectivity index (χ1n) is 10.4. The van der Waals surface area contributed by atoms with Crippen molar-refractivity contribution in [3.8, 4) is 11.5 Å². The molecule has 0 aliphatic heterocycles. The third kappa shape index (κ3) is 4.25. The predicted molar refractivity (Wildman–Crippen MR) is 134 cm³/mol. The van der Waals surface area contributed by atoms with E-state index in [2.05, 4.69) is 29.4 Å². The molecule has 31 heavy (non-hydrogen) atoms. The maximum atomic E-state index is 13.5. The highest BCUT2D eigenvalue weighted by Crippen LogP contribution is 2.36. The molecule has 2 heterocycles. The number of rotatable bonds is 8. The third-order valence-electron chi connectivity index (χ3n) is 5.84. The lowest BCUT2D eigenvalue weighted by atomic mass is 10.2. The van der Waals surface area contributed by atoms with E-state index in [1.54, 1.807) is 25.6 Å². The van der Waals surface area contributed by atoms with Crippen LogP contribution in [-0.2, 0) is 6.54 Å². The van der Waals surface area contributed by atoms with Gasteiger partial charge in [0.15, 0.2) is 0 Å². The smallest absolute Gasteiger partial charge is 0.212 e. The zero-order chi connectivity index (χ0) is 21.3. The molecule has 0 radical (unpaired) electrons. The molecule has 0 amide bonds. The van der Waals surface area contributed by atoms with Crippen LogP contribution in [0.4, 0.5) is 0 Å². The Labute approximate surface area is 192 Å². The summed E-state index contributed by atoms with van der Waals surface area (Å²) in [6.45, 7) is 8.30. The molecule has 0 unspecified atom stereocenters. The fourth-order valence-electron chi connectivity index (χ4n) is 4.12. The number of ether oxygens (including phenoxy) is 2. The highest BCUT2D eigenvalue weighted by molar-refractivity contribution is 7.25. The van der Waals surface area contributed by atoms with E-state index in [4.69, 9.17) is 9.47 Å². The third-order valence-corrected chi connectivity index (χ3v) is 7.01. The van der Waals surface area contributed by atoms with Crippen molar-refractivity contribution in [2.45, 2.75) is 26.8 Å². The second-order valence-corrected chi connectivity index (χ2v) is 8.44. The van der Waals surface area contributed by atoms with Gasteiger partial charge in [0.1, 0.15) is 17.0 Å². The van der Waals surface area contributed by atoms with Gasteiger partial charge in [-0.05, 0) is 62.5 Å². The maximum absolute atomic E-state index is 13.5. The summed E-state index contributed by atoms with van der Waals surface area (Å²) >= 11 is 1.65. The number of methoxy groups -OCH3 is 2. The van der Waals surface area contributed by atoms with Crippen LogP contribution in [0.15, 0.2) is 41.2 Å². The number of hydrogen-bond acceptors (Lipinski definition) is 5. The minimum Gasteiger partial charge on any atom is -0.497 e. The van der Waals surface area contributed by atoms with Gasteiger partial charge in [-0.15, -0.1) is 23.7 Å². The molecule has 0 atom stereocenters. The lowest BCUT2D eigenvalue weighted by Gasteiger charge is -2.18. The molecule has 0 aliphatic carbocycles. The molecule has 0 N–H and O–H groups in total. The molecule has 166 valence electrons. The van der Waals surface area contributed by atoms with Crippen molar-refractivity contribution in [3.05, 3.63) is 46.6 Å². The maximum Gasteiger partial charge on any atom is 0.212 e. The highest BCUT2D eigenvalue weighted by atomic mass is 35.5. The van der Waals surface area contributed by atoms with E-state index in [-0.39, 0.29) is 17.8 Å². The van der Waals surface area contributed by atoms with Crippen LogP contribution in [0.3, 0.4) is 0 Å². The lowest BCUT2D eigenvalue weighted by molar-refractivity contribution is 0.294. The van der Waals surface area contributed by atoms with Crippen molar-refractivity contribution < 1.29 is 9.47 Å². The van der Waals surface area contributed by atoms with Crippen LogP contribution in [0.1, 0.15) is 20.3 Å². The number of hydrogen-bond donors (Lipinski definition) is 0. The van der Waals surface area contributed by atoms with E-state index in [1.807, 2.05) is 30.3 Å². The van der Waals surface area contributed by atoms with E-state index in [1.165, 1.54) is 0 Å². The van der Waals surface area contributed by atoms with Gasteiger partial charge in [-0.2, -0.15) is 0 Å². The summed E-state index contributed by atoms with van der Waals surface area (Å²) in [5, 5.41) is 1.81. The second-order valence-electron chi connectivity index (χ2n) is 7.39. The van der Waals surface area contributed by atoms with Crippen LogP contribution in [0.2, 0.25) is 0 Å². The Morgan fingerprint density at radius 3 is 2.32 bits per heavy atom. The van der Waals surface area contributed by atoms with Crippen LogP contribution >= 0.6 is 23.7 Å². The summed E-state index contributed by atoms with van der Waals surface area (Å²) in [7, 11) is 3.32. The van der Waals surface area contributed by atoms with Gasteiger partial charge in [-0.3, -0.25) is 4.79 Å². The van der Waals surface area contributed by atoms with E-state index in [0.29, 0.717) is 0 Å². The van der Waals surface area contributed by atoms with Crippen molar-refractivity contribution in [2.24, 2.45) is 0 Å². The number of aromatic nitrogens is 1. The number of benzene rings is 2. The topological polar surface area (TPSA) is 43.7 Å². The summed E-state index contributed by atoms with van der Waals surface area (Å²) in [5.74, 6) is 1.56. The Morgan fingerprint density at radius 2 is 1.65 bits per heavy atom. The summed E-state index contributed by atoms with van der Waals surface area (Å²) in [6, 6.07) is 11.8. The van der Waals surface area contributed by atoms with Crippen molar-refractivity contribution in [1.29, 1.82) is 0 Å². The SMILES string of the molecule is CCN(CC)CCCn1c2ccc(OC)cc2c2sc3cc(OC)ccc3c(=O)c21.Cl. The zero-order valence-electron chi connectivity index (χ0n) is 18.4. The molecule has 0 spiro atoms. The molecule has 0 saturated heterocycles. The summed E-state index contributed by atoms with van der Waals surface area (Å²) < 4.78 is 15.0. The molecular formula is C24H29ClN2O3S. The zero-order valence-corrected chi connectivity index (χ0v) is 20.1. The van der Waals surface area contributed by atoms with E-state index in [9.17, 15) is 4.79 Å². The average Bonchev–Trinajstić information content (AvgIpc) is 3.09. The average molecular weight is 461 g/mol. The normalized spacial score (nSPS) is 11.4. The number of fused-ring (bicyclic) bond motifs is 4. The monoisotopic (exact) mass is 460 g/mol. The first kappa shape index (κ1) is 23.4. The summed E-state index contributed by atoms with van der Waals surface area (Å²) in [6.07, 6.45) is 0.997. The minimum absolute atomic E-state index is 0. The number of nitrogens with zero attached hydrogens (tertiary/aromatic N) is 2. The Kier molecular flexibility index (Phi) is 7.46. The standard InChI is InChI=1S/C24H28N2O3S.ClH/c1-5-25(6-2)12-7-13-26-20-11-9-16(28-3)14-19(20)24-22(26)23(27)18-10-8-17(29-4)15-21(18)30-24;/h8-11,14-15H,5-7,12-13H2,1-4H3;1H. The Bertz CT molecular complexity index is 1260. The van der Waals surface area contributed by atoms with Crippen LogP contribution in [0, 0.1) is 0 Å². The largest absolute Gasteiger partial charge is 0.497 e. The van der Waals surface area contributed by atoms with Gasteiger partial charge in [-0.1, -0.05) is 13.8 Å². The van der Waals surface area contributed by atoms with Crippen molar-refractivity contribution in [3.63, 3.8) is 0 Å². The van der Waals surface area contributed by atoms with Gasteiger partial charge in [0, 0.05) is 22.0 Å². The molecule has 0 fully saturated rings. The molecule has 0 saturated carbocycles. The molecule has 2 aromatic heterocycles. The van der Waals surface area contributed by atoms with Crippen LogP contribution in [0.25, 0.3) is 31.2 Å². The first-order valence-corrected chi connectivity index (χ1v) is 11.3. The van der Waals surface area contributed by atoms with E-state index in [0.717, 1.165) is 75.3 Å². The second kappa shape index (κ2) is 9.90. The molecule has 0 aliphatic rings. The molecular weight excluding hydrogens is 432 g/mol. The molecule has 0 bridgehead atoms. The highest BCUT2D eigenvalue weighted by Gasteiger charge is 2.18. The molecule has 7 heteroatoms. The van der Waals surface area contributed by atoms with Crippen LogP contribution < -0.4 is 14.9 Å². The van der Waals surface area contributed by atoms with Gasteiger partial charge in [-0.25, -0.2) is 0 Å². The molecule has 2 aromatic carbocycles. The fraction of sp³-hybridized carbons (Fsp3) is 0.375. The number of aryl methyl sites for hydroxylation is 1. The quantitative estimate of drug-likeness (QED) is 0.346. The lowest BCUT2D eigenvalue weighted by Crippen LogP contribution is -2.25. The number of halogens is 1. The van der Waals surface area contributed by atoms with Gasteiger partial charge in [0.2, 0.25) is 5.43 Å². The predicted octanol–water partition coefficient (Wildman–Crippen LogP) is 5.54. The van der Waals surface area contributed by atoms with Crippen LogP contribution in [0.5, 0.6) is 11.5 Å². The minimum atomic E-state index is 0. The Balaban J connectivity index is 0.00000272. The molecule has 5 nitrogen and oxygen atoms in total. The van der Waals surface area contributed by atoms with Crippen LogP contribution in [-0.4, -0.2) is 43.3 Å². The van der Waals surface area contributed by atoms with Gasteiger partial charge >= 0.3 is 0 Å². The van der Waals surface area contributed by atoms with Crippen molar-refractivity contribution in [1.82, 2.24) is 9.47 Å². The van der Waals surface area contributed by atoms with E-state index < -0.39 is 0 Å². The summed E-state index contributed by atoms with van der Waals surface area (Å²) in [4.78, 5) is 16.0. The molecule has 4 rings (SSSR count). The van der Waals surface area contributed by atoms with Gasteiger partial charge in [0.05, 0.1) is 24.4 Å². The first-order chi connectivity index (χ1) is 14.6. The Hall–Kier alpha value is -2.28. The van der Waals surface area contributed by atoms with Crippen molar-refractivity contribution in [2.75, 3.05) is 33.9 Å². The fourth-order valence-corrected chi connectivity index (χ4v) is 5.36. The van der Waals surface area contributed by atoms with Gasteiger partial charge in [0.25, 0.3) is 0 Å². The van der Waals surface area contributed by atoms with Crippen molar-refractivity contribution >= 4 is 54.9 Å². The summed E-state index contributed by atoms with van der Waals surface area (Å²) in [5.41, 5.74) is 1.96. The molecule has 4 aromatic rings. The van der Waals surface area contributed by atoms with Gasteiger partial charge < -0.3 is 18.9 Å². The Morgan fingerprint density at radius 1 is 0.968 bits per heavy atom.